The van der Waals surface area contributed by atoms with E-state index in [0.29, 0.717) is 11.8 Å². The minimum Gasteiger partial charge on any atom is -0.493 e. The van der Waals surface area contributed by atoms with Gasteiger partial charge in [0.1, 0.15) is 5.75 Å². The number of ether oxygens (including phenoxy) is 1. The SMILES string of the molecule is CCC(CC1COc2ccccc21)C(C)Cl. The summed E-state index contributed by atoms with van der Waals surface area (Å²) < 4.78 is 5.69. The molecule has 0 radical (unpaired) electrons. The van der Waals surface area contributed by atoms with Gasteiger partial charge in [0.15, 0.2) is 0 Å². The number of benzene rings is 1. The van der Waals surface area contributed by atoms with Gasteiger partial charge in [0.05, 0.1) is 6.61 Å². The number of rotatable bonds is 4. The van der Waals surface area contributed by atoms with E-state index in [2.05, 4.69) is 32.0 Å². The number of halogens is 1. The van der Waals surface area contributed by atoms with Crippen molar-refractivity contribution in [2.45, 2.75) is 38.0 Å². The Balaban J connectivity index is 2.08. The Morgan fingerprint density at radius 1 is 1.44 bits per heavy atom. The zero-order chi connectivity index (χ0) is 11.5. The summed E-state index contributed by atoms with van der Waals surface area (Å²) in [7, 11) is 0. The summed E-state index contributed by atoms with van der Waals surface area (Å²) in [6.45, 7) is 5.13. The summed E-state index contributed by atoms with van der Waals surface area (Å²) >= 11 is 6.21. The lowest BCUT2D eigenvalue weighted by Gasteiger charge is -2.20. The van der Waals surface area contributed by atoms with Crippen LogP contribution in [0, 0.1) is 5.92 Å². The predicted molar refractivity (Wildman–Crippen MR) is 68.4 cm³/mol. The van der Waals surface area contributed by atoms with Gasteiger partial charge in [-0.2, -0.15) is 0 Å². The van der Waals surface area contributed by atoms with Crippen molar-refractivity contribution in [1.82, 2.24) is 0 Å². The molecule has 0 saturated heterocycles. The first-order chi connectivity index (χ1) is 7.72. The molecule has 3 unspecified atom stereocenters. The molecule has 0 saturated carbocycles. The van der Waals surface area contributed by atoms with Crippen LogP contribution in [0.2, 0.25) is 0 Å². The van der Waals surface area contributed by atoms with Crippen LogP contribution in [-0.4, -0.2) is 12.0 Å². The monoisotopic (exact) mass is 238 g/mol. The summed E-state index contributed by atoms with van der Waals surface area (Å²) in [5, 5.41) is 0.248. The number of para-hydroxylation sites is 1. The smallest absolute Gasteiger partial charge is 0.122 e. The fraction of sp³-hybridized carbons (Fsp3) is 0.571. The van der Waals surface area contributed by atoms with Gasteiger partial charge in [0.25, 0.3) is 0 Å². The Labute approximate surface area is 103 Å². The molecule has 0 bridgehead atoms. The maximum atomic E-state index is 6.21. The molecule has 1 aliphatic rings. The average molecular weight is 239 g/mol. The van der Waals surface area contributed by atoms with Gasteiger partial charge in [-0.15, -0.1) is 11.6 Å². The van der Waals surface area contributed by atoms with E-state index < -0.39 is 0 Å². The van der Waals surface area contributed by atoms with E-state index in [9.17, 15) is 0 Å². The predicted octanol–water partition coefficient (Wildman–Crippen LogP) is 4.21. The summed E-state index contributed by atoms with van der Waals surface area (Å²) in [6, 6.07) is 8.35. The molecule has 0 amide bonds. The van der Waals surface area contributed by atoms with Crippen molar-refractivity contribution in [2.24, 2.45) is 5.92 Å². The van der Waals surface area contributed by atoms with Gasteiger partial charge in [-0.3, -0.25) is 0 Å². The van der Waals surface area contributed by atoms with Crippen LogP contribution < -0.4 is 4.74 Å². The molecule has 2 rings (SSSR count). The van der Waals surface area contributed by atoms with E-state index >= 15 is 0 Å². The Hall–Kier alpha value is -0.690. The van der Waals surface area contributed by atoms with Crippen molar-refractivity contribution in [3.8, 4) is 5.75 Å². The first-order valence-corrected chi connectivity index (χ1v) is 6.51. The van der Waals surface area contributed by atoms with E-state index in [-0.39, 0.29) is 5.38 Å². The van der Waals surface area contributed by atoms with Crippen molar-refractivity contribution >= 4 is 11.6 Å². The molecule has 0 aromatic heterocycles. The fourth-order valence-electron chi connectivity index (χ4n) is 2.47. The molecule has 88 valence electrons. The molecule has 0 N–H and O–H groups in total. The van der Waals surface area contributed by atoms with Gasteiger partial charge in [-0.05, 0) is 25.3 Å². The van der Waals surface area contributed by atoms with E-state index in [1.165, 1.54) is 5.56 Å². The molecule has 2 heteroatoms. The molecule has 1 aromatic rings. The van der Waals surface area contributed by atoms with Gasteiger partial charge < -0.3 is 4.74 Å². The van der Waals surface area contributed by atoms with Crippen molar-refractivity contribution in [3.05, 3.63) is 29.8 Å². The third-order valence-corrected chi connectivity index (χ3v) is 3.92. The van der Waals surface area contributed by atoms with E-state index in [4.69, 9.17) is 16.3 Å². The molecule has 3 atom stereocenters. The van der Waals surface area contributed by atoms with Gasteiger partial charge in [0.2, 0.25) is 0 Å². The second-order valence-corrected chi connectivity index (χ2v) is 5.32. The Bertz CT molecular complexity index is 348. The van der Waals surface area contributed by atoms with E-state index in [1.807, 2.05) is 6.07 Å². The van der Waals surface area contributed by atoms with Crippen molar-refractivity contribution in [1.29, 1.82) is 0 Å². The van der Waals surface area contributed by atoms with E-state index in [1.54, 1.807) is 0 Å². The lowest BCUT2D eigenvalue weighted by molar-refractivity contribution is 0.302. The highest BCUT2D eigenvalue weighted by Crippen LogP contribution is 2.38. The molecule has 1 aliphatic heterocycles. The van der Waals surface area contributed by atoms with Crippen molar-refractivity contribution < 1.29 is 4.74 Å². The third-order valence-electron chi connectivity index (χ3n) is 3.56. The lowest BCUT2D eigenvalue weighted by atomic mass is 9.87. The number of hydrogen-bond acceptors (Lipinski definition) is 1. The van der Waals surface area contributed by atoms with Crippen LogP contribution in [0.3, 0.4) is 0 Å². The lowest BCUT2D eigenvalue weighted by Crippen LogP contribution is -2.15. The summed E-state index contributed by atoms with van der Waals surface area (Å²) in [4.78, 5) is 0. The largest absolute Gasteiger partial charge is 0.493 e. The Morgan fingerprint density at radius 2 is 2.19 bits per heavy atom. The Kier molecular flexibility index (Phi) is 3.75. The number of hydrogen-bond donors (Lipinski definition) is 0. The molecular formula is C14H19ClO. The van der Waals surface area contributed by atoms with Crippen molar-refractivity contribution in [3.63, 3.8) is 0 Å². The van der Waals surface area contributed by atoms with Gasteiger partial charge in [-0.1, -0.05) is 31.5 Å². The van der Waals surface area contributed by atoms with Gasteiger partial charge in [0, 0.05) is 16.9 Å². The zero-order valence-electron chi connectivity index (χ0n) is 9.95. The topological polar surface area (TPSA) is 9.23 Å². The van der Waals surface area contributed by atoms with Crippen LogP contribution in [0.25, 0.3) is 0 Å². The first kappa shape index (κ1) is 11.8. The number of alkyl halides is 1. The molecule has 0 fully saturated rings. The minimum atomic E-state index is 0.248. The highest BCUT2D eigenvalue weighted by atomic mass is 35.5. The summed E-state index contributed by atoms with van der Waals surface area (Å²) in [5.74, 6) is 2.17. The fourth-order valence-corrected chi connectivity index (χ4v) is 2.75. The highest BCUT2D eigenvalue weighted by Gasteiger charge is 2.27. The molecule has 0 spiro atoms. The standard InChI is InChI=1S/C14H19ClO/c1-3-11(10(2)15)8-12-9-16-14-7-5-4-6-13(12)14/h4-7,10-12H,3,8-9H2,1-2H3. The maximum absolute atomic E-state index is 6.21. The van der Waals surface area contributed by atoms with Crippen LogP contribution in [0.4, 0.5) is 0 Å². The quantitative estimate of drug-likeness (QED) is 0.715. The molecule has 1 heterocycles. The van der Waals surface area contributed by atoms with Crippen LogP contribution in [0.5, 0.6) is 5.75 Å². The second kappa shape index (κ2) is 5.09. The minimum absolute atomic E-state index is 0.248. The van der Waals surface area contributed by atoms with Crippen molar-refractivity contribution in [2.75, 3.05) is 6.61 Å². The summed E-state index contributed by atoms with van der Waals surface area (Å²) in [5.41, 5.74) is 1.36. The van der Waals surface area contributed by atoms with Crippen LogP contribution in [-0.2, 0) is 0 Å². The molecular weight excluding hydrogens is 220 g/mol. The maximum Gasteiger partial charge on any atom is 0.122 e. The zero-order valence-corrected chi connectivity index (χ0v) is 10.7. The van der Waals surface area contributed by atoms with Gasteiger partial charge in [-0.25, -0.2) is 0 Å². The third kappa shape index (κ3) is 2.35. The highest BCUT2D eigenvalue weighted by molar-refractivity contribution is 6.20. The van der Waals surface area contributed by atoms with Crippen LogP contribution in [0.15, 0.2) is 24.3 Å². The Morgan fingerprint density at radius 3 is 2.88 bits per heavy atom. The second-order valence-electron chi connectivity index (χ2n) is 4.63. The van der Waals surface area contributed by atoms with Crippen LogP contribution >= 0.6 is 11.6 Å². The van der Waals surface area contributed by atoms with Crippen LogP contribution in [0.1, 0.15) is 38.2 Å². The molecule has 1 aromatic carbocycles. The molecule has 1 nitrogen and oxygen atoms in total. The summed E-state index contributed by atoms with van der Waals surface area (Å²) in [6.07, 6.45) is 2.28. The molecule has 0 aliphatic carbocycles. The number of fused-ring (bicyclic) bond motifs is 1. The van der Waals surface area contributed by atoms with Gasteiger partial charge >= 0.3 is 0 Å². The van der Waals surface area contributed by atoms with E-state index in [0.717, 1.165) is 25.2 Å². The normalized spacial score (nSPS) is 22.3. The average Bonchev–Trinajstić information content (AvgIpc) is 2.69. The molecule has 16 heavy (non-hydrogen) atoms. The first-order valence-electron chi connectivity index (χ1n) is 6.08.